The van der Waals surface area contributed by atoms with Crippen molar-refractivity contribution in [2.75, 3.05) is 6.54 Å². The molecule has 48 valence electrons. The molecule has 1 atom stereocenters. The van der Waals surface area contributed by atoms with Crippen LogP contribution in [0.15, 0.2) is 0 Å². The Morgan fingerprint density at radius 2 is 2.38 bits per heavy atom. The van der Waals surface area contributed by atoms with Gasteiger partial charge >= 0.3 is 0 Å². The lowest BCUT2D eigenvalue weighted by molar-refractivity contribution is -0.524. The van der Waals surface area contributed by atoms with E-state index in [0.717, 1.165) is 0 Å². The summed E-state index contributed by atoms with van der Waals surface area (Å²) in [6, 6.07) is 0. The van der Waals surface area contributed by atoms with Crippen molar-refractivity contribution < 1.29 is 4.92 Å². The van der Waals surface area contributed by atoms with Crippen LogP contribution in [0, 0.1) is 10.1 Å². The highest BCUT2D eigenvalue weighted by atomic mass is 16.6. The minimum atomic E-state index is -0.611. The van der Waals surface area contributed by atoms with Gasteiger partial charge in [-0.15, -0.1) is 0 Å². The topological polar surface area (TPSA) is 55.2 Å². The molecule has 0 heterocycles. The van der Waals surface area contributed by atoms with Crippen LogP contribution in [0.3, 0.4) is 0 Å². The smallest absolute Gasteiger partial charge is 0.263 e. The second-order valence-electron chi connectivity index (χ2n) is 1.52. The molecule has 0 saturated carbocycles. The Hall–Kier alpha value is -0.640. The molecule has 1 N–H and O–H groups in total. The van der Waals surface area contributed by atoms with Crippen molar-refractivity contribution in [3.8, 4) is 0 Å². The molecule has 0 aliphatic rings. The molecular weight excluding hydrogens is 108 g/mol. The predicted molar refractivity (Wildman–Crippen MR) is 30.1 cm³/mol. The molecular formula is C4H10N2O2. The van der Waals surface area contributed by atoms with Crippen molar-refractivity contribution in [2.24, 2.45) is 0 Å². The molecule has 0 rings (SSSR count). The molecule has 4 heteroatoms. The van der Waals surface area contributed by atoms with Gasteiger partial charge in [0.2, 0.25) is 0 Å². The van der Waals surface area contributed by atoms with Gasteiger partial charge in [0, 0.05) is 11.8 Å². The van der Waals surface area contributed by atoms with Crippen LogP contribution in [0.5, 0.6) is 0 Å². The van der Waals surface area contributed by atoms with Crippen molar-refractivity contribution >= 4 is 0 Å². The standard InChI is InChI=1S/C4H10N2O2/c1-3-5-4(2)6(7)8/h4-5H,3H2,1-2H3. The average Bonchev–Trinajstić information content (AvgIpc) is 1.67. The summed E-state index contributed by atoms with van der Waals surface area (Å²) >= 11 is 0. The first-order valence-electron chi connectivity index (χ1n) is 2.55. The minimum absolute atomic E-state index is 0.358. The van der Waals surface area contributed by atoms with E-state index in [1.54, 1.807) is 0 Å². The van der Waals surface area contributed by atoms with E-state index < -0.39 is 6.17 Å². The summed E-state index contributed by atoms with van der Waals surface area (Å²) in [7, 11) is 0. The number of hydrogen-bond donors (Lipinski definition) is 1. The Morgan fingerprint density at radius 1 is 1.88 bits per heavy atom. The third-order valence-electron chi connectivity index (χ3n) is 0.816. The van der Waals surface area contributed by atoms with E-state index in [9.17, 15) is 10.1 Å². The fraction of sp³-hybridized carbons (Fsp3) is 1.00. The fourth-order valence-corrected chi connectivity index (χ4v) is 0.370. The van der Waals surface area contributed by atoms with E-state index in [4.69, 9.17) is 0 Å². The second-order valence-corrected chi connectivity index (χ2v) is 1.52. The summed E-state index contributed by atoms with van der Waals surface area (Å²) < 4.78 is 0. The van der Waals surface area contributed by atoms with E-state index in [-0.39, 0.29) is 4.92 Å². The van der Waals surface area contributed by atoms with Gasteiger partial charge in [-0.05, 0) is 6.54 Å². The van der Waals surface area contributed by atoms with Crippen molar-refractivity contribution in [1.29, 1.82) is 0 Å². The molecule has 0 bridgehead atoms. The first kappa shape index (κ1) is 7.36. The molecule has 0 fully saturated rings. The van der Waals surface area contributed by atoms with Gasteiger partial charge in [-0.2, -0.15) is 0 Å². The van der Waals surface area contributed by atoms with Crippen LogP contribution in [0.2, 0.25) is 0 Å². The lowest BCUT2D eigenvalue weighted by Gasteiger charge is -2.00. The maximum absolute atomic E-state index is 9.83. The molecule has 1 unspecified atom stereocenters. The van der Waals surface area contributed by atoms with Gasteiger partial charge in [-0.25, -0.2) is 0 Å². The summed E-state index contributed by atoms with van der Waals surface area (Å²) in [5.41, 5.74) is 0. The Labute approximate surface area is 48.0 Å². The molecule has 0 saturated heterocycles. The van der Waals surface area contributed by atoms with Gasteiger partial charge < -0.3 is 0 Å². The van der Waals surface area contributed by atoms with Crippen LogP contribution in [0.25, 0.3) is 0 Å². The summed E-state index contributed by atoms with van der Waals surface area (Å²) in [4.78, 5) is 9.47. The lowest BCUT2D eigenvalue weighted by atomic mass is 10.6. The zero-order valence-electron chi connectivity index (χ0n) is 5.05. The Kier molecular flexibility index (Phi) is 3.10. The van der Waals surface area contributed by atoms with Crippen molar-refractivity contribution in [2.45, 2.75) is 20.0 Å². The molecule has 0 amide bonds. The van der Waals surface area contributed by atoms with Crippen LogP contribution >= 0.6 is 0 Å². The Morgan fingerprint density at radius 3 is 2.50 bits per heavy atom. The lowest BCUT2D eigenvalue weighted by Crippen LogP contribution is -2.32. The van der Waals surface area contributed by atoms with Gasteiger partial charge in [-0.3, -0.25) is 15.4 Å². The van der Waals surface area contributed by atoms with Crippen LogP contribution < -0.4 is 5.32 Å². The molecule has 8 heavy (non-hydrogen) atoms. The van der Waals surface area contributed by atoms with Crippen LogP contribution in [0.4, 0.5) is 0 Å². The molecule has 0 aromatic carbocycles. The molecule has 0 aromatic rings. The van der Waals surface area contributed by atoms with Crippen LogP contribution in [-0.2, 0) is 0 Å². The minimum Gasteiger partial charge on any atom is -0.263 e. The summed E-state index contributed by atoms with van der Waals surface area (Å²) in [5, 5.41) is 12.5. The first-order valence-corrected chi connectivity index (χ1v) is 2.55. The summed E-state index contributed by atoms with van der Waals surface area (Å²) in [6.45, 7) is 3.99. The van der Waals surface area contributed by atoms with Crippen LogP contribution in [-0.4, -0.2) is 17.6 Å². The van der Waals surface area contributed by atoms with Crippen molar-refractivity contribution in [3.63, 3.8) is 0 Å². The zero-order valence-corrected chi connectivity index (χ0v) is 5.05. The Bertz CT molecular complexity index is 84.1. The highest BCUT2D eigenvalue weighted by Gasteiger charge is 2.07. The SMILES string of the molecule is CCNC(C)[N+](=O)[O-]. The highest BCUT2D eigenvalue weighted by molar-refractivity contribution is 4.40. The Balaban J connectivity index is 3.32. The number of nitrogens with one attached hydrogen (secondary N) is 1. The predicted octanol–water partition coefficient (Wildman–Crippen LogP) is 0.219. The zero-order chi connectivity index (χ0) is 6.57. The average molecular weight is 118 g/mol. The number of hydrogen-bond acceptors (Lipinski definition) is 3. The van der Waals surface area contributed by atoms with Gasteiger partial charge in [-0.1, -0.05) is 6.92 Å². The number of rotatable bonds is 3. The first-order chi connectivity index (χ1) is 3.68. The number of nitrogens with zero attached hydrogens (tertiary/aromatic N) is 1. The summed E-state index contributed by atoms with van der Waals surface area (Å²) in [6.07, 6.45) is -0.611. The maximum Gasteiger partial charge on any atom is 0.263 e. The largest absolute Gasteiger partial charge is 0.263 e. The molecule has 0 aliphatic heterocycles. The second kappa shape index (κ2) is 3.37. The van der Waals surface area contributed by atoms with E-state index in [1.807, 2.05) is 6.92 Å². The monoisotopic (exact) mass is 118 g/mol. The van der Waals surface area contributed by atoms with Gasteiger partial charge in [0.1, 0.15) is 0 Å². The van der Waals surface area contributed by atoms with E-state index >= 15 is 0 Å². The van der Waals surface area contributed by atoms with Gasteiger partial charge in [0.15, 0.2) is 0 Å². The van der Waals surface area contributed by atoms with E-state index in [1.165, 1.54) is 6.92 Å². The molecule has 0 spiro atoms. The third kappa shape index (κ3) is 2.52. The van der Waals surface area contributed by atoms with Gasteiger partial charge in [0.25, 0.3) is 6.17 Å². The van der Waals surface area contributed by atoms with E-state index in [0.29, 0.717) is 6.54 Å². The molecule has 0 radical (unpaired) electrons. The fourth-order valence-electron chi connectivity index (χ4n) is 0.370. The summed E-state index contributed by atoms with van der Waals surface area (Å²) in [5.74, 6) is 0. The van der Waals surface area contributed by atoms with Crippen LogP contribution in [0.1, 0.15) is 13.8 Å². The third-order valence-corrected chi connectivity index (χ3v) is 0.816. The normalized spacial score (nSPS) is 13.2. The number of nitro groups is 1. The quantitative estimate of drug-likeness (QED) is 0.327. The van der Waals surface area contributed by atoms with Crippen molar-refractivity contribution in [1.82, 2.24) is 5.32 Å². The molecule has 4 nitrogen and oxygen atoms in total. The van der Waals surface area contributed by atoms with E-state index in [2.05, 4.69) is 5.32 Å². The highest BCUT2D eigenvalue weighted by Crippen LogP contribution is 1.78. The molecule has 0 aromatic heterocycles. The van der Waals surface area contributed by atoms with Crippen molar-refractivity contribution in [3.05, 3.63) is 10.1 Å². The molecule has 0 aliphatic carbocycles. The maximum atomic E-state index is 9.83. The van der Waals surface area contributed by atoms with Gasteiger partial charge in [0.05, 0.1) is 0 Å².